The first-order valence-electron chi connectivity index (χ1n) is 4.63. The summed E-state index contributed by atoms with van der Waals surface area (Å²) < 4.78 is 24.3. The number of halogens is 1. The van der Waals surface area contributed by atoms with Gasteiger partial charge in [0.15, 0.2) is 0 Å². The standard InChI is InChI=1S/C8H20FN2OP/c1-7(2)5-10-13(9,12)11-6-8(3)4/h7-8H,5-6H2,1-4H3,(H2,10,11,12). The van der Waals surface area contributed by atoms with Gasteiger partial charge in [-0.05, 0) is 11.8 Å². The van der Waals surface area contributed by atoms with Gasteiger partial charge < -0.3 is 0 Å². The van der Waals surface area contributed by atoms with E-state index in [0.29, 0.717) is 24.9 Å². The Labute approximate surface area is 80.1 Å². The molecule has 0 atom stereocenters. The molecule has 0 aliphatic rings. The Morgan fingerprint density at radius 2 is 1.38 bits per heavy atom. The first-order valence-corrected chi connectivity index (χ1v) is 6.23. The van der Waals surface area contributed by atoms with Crippen molar-refractivity contribution < 1.29 is 8.76 Å². The number of nitrogens with one attached hydrogen (secondary N) is 2. The molecule has 2 N–H and O–H groups in total. The number of rotatable bonds is 6. The van der Waals surface area contributed by atoms with E-state index in [9.17, 15) is 8.76 Å². The molecule has 0 aromatic rings. The fraction of sp³-hybridized carbons (Fsp3) is 1.00. The second-order valence-electron chi connectivity index (χ2n) is 4.04. The summed E-state index contributed by atoms with van der Waals surface area (Å²) in [5, 5.41) is 4.78. The lowest BCUT2D eigenvalue weighted by molar-refractivity contribution is 0.488. The summed E-state index contributed by atoms with van der Waals surface area (Å²) in [6, 6.07) is 0. The molecule has 0 aliphatic carbocycles. The van der Waals surface area contributed by atoms with Gasteiger partial charge in [0.2, 0.25) is 0 Å². The Balaban J connectivity index is 3.74. The minimum Gasteiger partial charge on any atom is -0.251 e. The highest BCUT2D eigenvalue weighted by Crippen LogP contribution is 2.37. The van der Waals surface area contributed by atoms with E-state index in [1.165, 1.54) is 0 Å². The van der Waals surface area contributed by atoms with Gasteiger partial charge in [0, 0.05) is 13.1 Å². The van der Waals surface area contributed by atoms with Crippen molar-refractivity contribution in [2.45, 2.75) is 27.7 Å². The molecule has 0 fully saturated rings. The summed E-state index contributed by atoms with van der Waals surface area (Å²) in [4.78, 5) is 0. The van der Waals surface area contributed by atoms with E-state index in [0.717, 1.165) is 0 Å². The molecule has 0 aliphatic heterocycles. The summed E-state index contributed by atoms with van der Waals surface area (Å²) in [7, 11) is -3.80. The normalized spacial score (nSPS) is 12.8. The van der Waals surface area contributed by atoms with E-state index < -0.39 is 7.75 Å². The third kappa shape index (κ3) is 8.41. The van der Waals surface area contributed by atoms with E-state index >= 15 is 0 Å². The number of hydrogen-bond acceptors (Lipinski definition) is 1. The molecule has 0 radical (unpaired) electrons. The molecular formula is C8H20FN2OP. The Bertz CT molecular complexity index is 169. The van der Waals surface area contributed by atoms with Crippen LogP contribution in [0.1, 0.15) is 27.7 Å². The lowest BCUT2D eigenvalue weighted by atomic mass is 10.2. The van der Waals surface area contributed by atoms with Crippen molar-refractivity contribution in [3.05, 3.63) is 0 Å². The Kier molecular flexibility index (Phi) is 5.77. The van der Waals surface area contributed by atoms with Crippen LogP contribution in [0.25, 0.3) is 0 Å². The summed E-state index contributed by atoms with van der Waals surface area (Å²) in [5.74, 6) is 0.592. The predicted molar refractivity (Wildman–Crippen MR) is 54.4 cm³/mol. The number of hydrogen-bond donors (Lipinski definition) is 2. The molecule has 0 spiro atoms. The van der Waals surface area contributed by atoms with E-state index in [4.69, 9.17) is 0 Å². The van der Waals surface area contributed by atoms with Gasteiger partial charge in [-0.2, -0.15) is 4.20 Å². The zero-order chi connectivity index (χ0) is 10.5. The Morgan fingerprint density at radius 3 is 1.62 bits per heavy atom. The molecule has 13 heavy (non-hydrogen) atoms. The molecule has 0 unspecified atom stereocenters. The quantitative estimate of drug-likeness (QED) is 0.662. The smallest absolute Gasteiger partial charge is 0.251 e. The first-order chi connectivity index (χ1) is 5.83. The van der Waals surface area contributed by atoms with Gasteiger partial charge in [0.1, 0.15) is 0 Å². The second kappa shape index (κ2) is 5.74. The first kappa shape index (κ1) is 13.1. The van der Waals surface area contributed by atoms with Gasteiger partial charge in [0.05, 0.1) is 0 Å². The minimum atomic E-state index is -3.80. The van der Waals surface area contributed by atoms with E-state index in [1.54, 1.807) is 0 Å². The van der Waals surface area contributed by atoms with Crippen LogP contribution < -0.4 is 10.2 Å². The Morgan fingerprint density at radius 1 is 1.08 bits per heavy atom. The molecule has 5 heteroatoms. The van der Waals surface area contributed by atoms with Crippen LogP contribution in [0.4, 0.5) is 4.20 Å². The van der Waals surface area contributed by atoms with Gasteiger partial charge in [-0.25, -0.2) is 10.2 Å². The fourth-order valence-corrected chi connectivity index (χ4v) is 1.97. The van der Waals surface area contributed by atoms with Gasteiger partial charge >= 0.3 is 7.75 Å². The van der Waals surface area contributed by atoms with Gasteiger partial charge in [-0.15, -0.1) is 0 Å². The van der Waals surface area contributed by atoms with Crippen molar-refractivity contribution >= 4 is 7.75 Å². The van der Waals surface area contributed by atoms with Crippen LogP contribution in [-0.4, -0.2) is 13.1 Å². The lowest BCUT2D eigenvalue weighted by Gasteiger charge is -2.14. The SMILES string of the molecule is CC(C)CNP(=O)(F)NCC(C)C. The van der Waals surface area contributed by atoms with Crippen molar-refractivity contribution in [1.29, 1.82) is 0 Å². The molecule has 0 aromatic heterocycles. The van der Waals surface area contributed by atoms with Crippen molar-refractivity contribution in [2.24, 2.45) is 11.8 Å². The zero-order valence-electron chi connectivity index (χ0n) is 8.80. The van der Waals surface area contributed by atoms with Crippen LogP contribution in [-0.2, 0) is 4.57 Å². The molecule has 3 nitrogen and oxygen atoms in total. The largest absolute Gasteiger partial charge is 0.377 e. The molecule has 0 rings (SSSR count). The highest BCUT2D eigenvalue weighted by Gasteiger charge is 2.19. The van der Waals surface area contributed by atoms with Crippen LogP contribution in [0.3, 0.4) is 0 Å². The molecule has 80 valence electrons. The molecular weight excluding hydrogens is 190 g/mol. The summed E-state index contributed by atoms with van der Waals surface area (Å²) in [6.07, 6.45) is 0. The predicted octanol–water partition coefficient (Wildman–Crippen LogP) is 2.56. The van der Waals surface area contributed by atoms with Gasteiger partial charge in [-0.3, -0.25) is 4.57 Å². The second-order valence-corrected chi connectivity index (χ2v) is 5.74. The molecule has 0 heterocycles. The summed E-state index contributed by atoms with van der Waals surface area (Å²) in [5.41, 5.74) is 0. The van der Waals surface area contributed by atoms with Crippen molar-refractivity contribution in [3.63, 3.8) is 0 Å². The van der Waals surface area contributed by atoms with Crippen LogP contribution in [0.15, 0.2) is 0 Å². The van der Waals surface area contributed by atoms with Crippen LogP contribution >= 0.6 is 7.75 Å². The van der Waals surface area contributed by atoms with Gasteiger partial charge in [0.25, 0.3) is 0 Å². The van der Waals surface area contributed by atoms with Crippen LogP contribution in [0, 0.1) is 11.8 Å². The van der Waals surface area contributed by atoms with E-state index in [1.807, 2.05) is 27.7 Å². The maximum Gasteiger partial charge on any atom is 0.377 e. The molecule has 0 amide bonds. The topological polar surface area (TPSA) is 41.1 Å². The van der Waals surface area contributed by atoms with E-state index in [-0.39, 0.29) is 0 Å². The fourth-order valence-electron chi connectivity index (χ4n) is 0.656. The molecule has 0 saturated carbocycles. The average Bonchev–Trinajstić information content (AvgIpc) is 1.98. The third-order valence-electron chi connectivity index (χ3n) is 1.41. The summed E-state index contributed by atoms with van der Waals surface area (Å²) in [6.45, 7) is 8.62. The lowest BCUT2D eigenvalue weighted by Crippen LogP contribution is -2.25. The highest BCUT2D eigenvalue weighted by atomic mass is 31.2. The van der Waals surface area contributed by atoms with Crippen LogP contribution in [0.2, 0.25) is 0 Å². The zero-order valence-corrected chi connectivity index (χ0v) is 9.70. The molecule has 0 saturated heterocycles. The minimum absolute atomic E-state index is 0.296. The highest BCUT2D eigenvalue weighted by molar-refractivity contribution is 7.54. The maximum atomic E-state index is 13.1. The Hall–Kier alpha value is 0.0800. The molecule has 0 bridgehead atoms. The third-order valence-corrected chi connectivity index (χ3v) is 2.58. The van der Waals surface area contributed by atoms with Crippen molar-refractivity contribution in [3.8, 4) is 0 Å². The summed E-state index contributed by atoms with van der Waals surface area (Å²) >= 11 is 0. The van der Waals surface area contributed by atoms with Gasteiger partial charge in [-0.1, -0.05) is 27.7 Å². The van der Waals surface area contributed by atoms with Crippen molar-refractivity contribution in [1.82, 2.24) is 10.2 Å². The average molecular weight is 210 g/mol. The van der Waals surface area contributed by atoms with Crippen molar-refractivity contribution in [2.75, 3.05) is 13.1 Å². The molecule has 0 aromatic carbocycles. The van der Waals surface area contributed by atoms with Crippen LogP contribution in [0.5, 0.6) is 0 Å². The van der Waals surface area contributed by atoms with E-state index in [2.05, 4.69) is 10.2 Å². The monoisotopic (exact) mass is 210 g/mol. The maximum absolute atomic E-state index is 13.1.